The third-order valence-electron chi connectivity index (χ3n) is 3.29. The maximum absolute atomic E-state index is 12.2. The number of rotatable bonds is 4. The number of allylic oxidation sites excluding steroid dienone is 2. The molecule has 2 nitrogen and oxygen atoms in total. The molecular formula is C16H23NOSi. The summed E-state index contributed by atoms with van der Waals surface area (Å²) >= 11 is 0. The van der Waals surface area contributed by atoms with E-state index >= 15 is 0 Å². The Hall–Kier alpha value is -1.35. The molecule has 1 heterocycles. The third-order valence-corrected chi connectivity index (χ3v) is 4.62. The van der Waals surface area contributed by atoms with Gasteiger partial charge in [-0.05, 0) is 12.8 Å². The van der Waals surface area contributed by atoms with Gasteiger partial charge in [-0.3, -0.25) is 4.79 Å². The second-order valence-electron chi connectivity index (χ2n) is 6.45. The molecule has 1 aromatic rings. The molecule has 0 aromatic heterocycles. The van der Waals surface area contributed by atoms with Crippen molar-refractivity contribution in [1.82, 2.24) is 4.90 Å². The molecule has 0 radical (unpaired) electrons. The first-order valence-electron chi connectivity index (χ1n) is 7.01. The van der Waals surface area contributed by atoms with Crippen molar-refractivity contribution in [3.05, 3.63) is 47.7 Å². The topological polar surface area (TPSA) is 20.3 Å². The van der Waals surface area contributed by atoms with Gasteiger partial charge in [0.15, 0.2) is 5.78 Å². The van der Waals surface area contributed by atoms with E-state index in [2.05, 4.69) is 24.5 Å². The van der Waals surface area contributed by atoms with E-state index in [1.165, 1.54) is 12.1 Å². The van der Waals surface area contributed by atoms with E-state index in [0.29, 0.717) is 0 Å². The van der Waals surface area contributed by atoms with Crippen molar-refractivity contribution in [2.24, 2.45) is 0 Å². The highest BCUT2D eigenvalue weighted by Crippen LogP contribution is 2.23. The lowest BCUT2D eigenvalue weighted by atomic mass is 10.1. The first kappa shape index (κ1) is 14.1. The maximum atomic E-state index is 12.2. The molecule has 102 valence electrons. The van der Waals surface area contributed by atoms with Gasteiger partial charge in [0.1, 0.15) is 0 Å². The monoisotopic (exact) mass is 273 g/mol. The molecule has 2 rings (SSSR count). The molecule has 1 aromatic carbocycles. The Balaban J connectivity index is 2.12. The molecule has 0 atom stereocenters. The van der Waals surface area contributed by atoms with Crippen molar-refractivity contribution in [3.8, 4) is 0 Å². The van der Waals surface area contributed by atoms with E-state index in [1.54, 1.807) is 0 Å². The number of benzene rings is 1. The zero-order valence-corrected chi connectivity index (χ0v) is 13.1. The van der Waals surface area contributed by atoms with Crippen LogP contribution in [0.4, 0.5) is 0 Å². The van der Waals surface area contributed by atoms with Crippen LogP contribution >= 0.6 is 0 Å². The van der Waals surface area contributed by atoms with Crippen LogP contribution in [-0.2, 0) is 0 Å². The van der Waals surface area contributed by atoms with Gasteiger partial charge in [-0.2, -0.15) is 0 Å². The van der Waals surface area contributed by atoms with Crippen LogP contribution in [-0.4, -0.2) is 31.5 Å². The zero-order valence-electron chi connectivity index (χ0n) is 12.1. The number of carbonyl (C=O) groups is 1. The van der Waals surface area contributed by atoms with Gasteiger partial charge in [0.25, 0.3) is 0 Å². The number of likely N-dealkylation sites (tertiary alicyclic amines) is 1. The van der Waals surface area contributed by atoms with Gasteiger partial charge < -0.3 is 4.90 Å². The number of hydrogen-bond acceptors (Lipinski definition) is 2. The van der Waals surface area contributed by atoms with Gasteiger partial charge in [-0.1, -0.05) is 50.0 Å². The largest absolute Gasteiger partial charge is 0.378 e. The Morgan fingerprint density at radius 2 is 1.95 bits per heavy atom. The number of carbonyl (C=O) groups excluding carboxylic acids is 1. The summed E-state index contributed by atoms with van der Waals surface area (Å²) in [6, 6.07) is 9.55. The minimum atomic E-state index is -1.12. The van der Waals surface area contributed by atoms with E-state index in [1.807, 2.05) is 36.4 Å². The van der Waals surface area contributed by atoms with E-state index in [0.717, 1.165) is 24.7 Å². The number of ketones is 1. The van der Waals surface area contributed by atoms with Crippen LogP contribution in [0.1, 0.15) is 23.2 Å². The molecule has 3 heteroatoms. The van der Waals surface area contributed by atoms with Crippen LogP contribution in [0.3, 0.4) is 0 Å². The van der Waals surface area contributed by atoms with Gasteiger partial charge in [-0.15, -0.1) is 0 Å². The Kier molecular flexibility index (Phi) is 4.25. The molecule has 0 unspecified atom stereocenters. The third kappa shape index (κ3) is 4.06. The lowest BCUT2D eigenvalue weighted by Crippen LogP contribution is -2.38. The average Bonchev–Trinajstić information content (AvgIpc) is 2.75. The van der Waals surface area contributed by atoms with Crippen LogP contribution in [0, 0.1) is 0 Å². The van der Waals surface area contributed by atoms with Gasteiger partial charge in [0, 0.05) is 30.0 Å². The zero-order chi connectivity index (χ0) is 13.9. The Morgan fingerprint density at radius 3 is 2.58 bits per heavy atom. The van der Waals surface area contributed by atoms with Crippen LogP contribution in [0.15, 0.2) is 42.1 Å². The van der Waals surface area contributed by atoms with Crippen LogP contribution < -0.4 is 0 Å². The van der Waals surface area contributed by atoms with E-state index in [4.69, 9.17) is 0 Å². The van der Waals surface area contributed by atoms with Crippen molar-refractivity contribution in [3.63, 3.8) is 0 Å². The summed E-state index contributed by atoms with van der Waals surface area (Å²) in [6.07, 6.45) is 5.23. The van der Waals surface area contributed by atoms with Crippen LogP contribution in [0.25, 0.3) is 0 Å². The summed E-state index contributed by atoms with van der Waals surface area (Å²) in [5.41, 5.74) is 2.02. The molecule has 1 aliphatic heterocycles. The molecule has 1 fully saturated rings. The summed E-state index contributed by atoms with van der Waals surface area (Å²) in [7, 11) is -1.12. The van der Waals surface area contributed by atoms with Crippen molar-refractivity contribution < 1.29 is 4.79 Å². The van der Waals surface area contributed by atoms with Crippen molar-refractivity contribution in [2.75, 3.05) is 12.7 Å². The smallest absolute Gasteiger partial charge is 0.187 e. The van der Waals surface area contributed by atoms with Gasteiger partial charge in [0.05, 0.1) is 8.07 Å². The summed E-state index contributed by atoms with van der Waals surface area (Å²) in [4.78, 5) is 14.6. The van der Waals surface area contributed by atoms with Gasteiger partial charge in [-0.25, -0.2) is 0 Å². The molecule has 19 heavy (non-hydrogen) atoms. The Morgan fingerprint density at radius 1 is 1.26 bits per heavy atom. The molecule has 1 saturated heterocycles. The molecule has 1 aliphatic rings. The number of nitrogens with zero attached hydrogens (tertiary/aromatic N) is 1. The average molecular weight is 273 g/mol. The highest BCUT2D eigenvalue weighted by Gasteiger charge is 2.24. The molecular weight excluding hydrogens is 250 g/mol. The molecule has 0 bridgehead atoms. The van der Waals surface area contributed by atoms with Crippen molar-refractivity contribution in [1.29, 1.82) is 0 Å². The van der Waals surface area contributed by atoms with Crippen LogP contribution in [0.2, 0.25) is 19.6 Å². The fraction of sp³-hybridized carbons (Fsp3) is 0.438. The minimum absolute atomic E-state index is 0.137. The van der Waals surface area contributed by atoms with E-state index in [-0.39, 0.29) is 5.78 Å². The highest BCUT2D eigenvalue weighted by atomic mass is 28.3. The van der Waals surface area contributed by atoms with Crippen LogP contribution in [0.5, 0.6) is 0 Å². The minimum Gasteiger partial charge on any atom is -0.378 e. The molecule has 0 amide bonds. The summed E-state index contributed by atoms with van der Waals surface area (Å²) < 4.78 is 0. The number of hydrogen-bond donors (Lipinski definition) is 0. The standard InChI is InChI=1S/C16H23NOSi/c1-19(2,3)13-17-11-7-10-15(17)12-16(18)14-8-5-4-6-9-14/h4-6,8-9,12H,7,10-11,13H2,1-3H3/b15-12+. The summed E-state index contributed by atoms with van der Waals surface area (Å²) in [6.45, 7) is 8.24. The first-order chi connectivity index (χ1) is 8.96. The quantitative estimate of drug-likeness (QED) is 0.473. The normalized spacial score (nSPS) is 18.1. The van der Waals surface area contributed by atoms with E-state index in [9.17, 15) is 4.79 Å². The Bertz CT molecular complexity index is 473. The van der Waals surface area contributed by atoms with Gasteiger partial charge in [0.2, 0.25) is 0 Å². The van der Waals surface area contributed by atoms with Gasteiger partial charge >= 0.3 is 0 Å². The molecule has 0 saturated carbocycles. The lowest BCUT2D eigenvalue weighted by molar-refractivity contribution is 0.104. The van der Waals surface area contributed by atoms with Crippen molar-refractivity contribution in [2.45, 2.75) is 32.5 Å². The Labute approximate surface area is 117 Å². The molecule has 0 aliphatic carbocycles. The van der Waals surface area contributed by atoms with E-state index < -0.39 is 8.07 Å². The molecule has 0 N–H and O–H groups in total. The summed E-state index contributed by atoms with van der Waals surface area (Å²) in [5, 5.41) is 0. The SMILES string of the molecule is C[Si](C)(C)CN1CCC/C1=C\C(=O)c1ccccc1. The van der Waals surface area contributed by atoms with Crippen molar-refractivity contribution >= 4 is 13.9 Å². The molecule has 0 spiro atoms. The predicted molar refractivity (Wildman–Crippen MR) is 83.0 cm³/mol. The predicted octanol–water partition coefficient (Wildman–Crippen LogP) is 3.73. The second kappa shape index (κ2) is 5.74. The second-order valence-corrected chi connectivity index (χ2v) is 11.9. The fourth-order valence-corrected chi connectivity index (χ4v) is 4.01. The lowest BCUT2D eigenvalue weighted by Gasteiger charge is -2.27. The fourth-order valence-electron chi connectivity index (χ4n) is 2.51. The maximum Gasteiger partial charge on any atom is 0.187 e. The highest BCUT2D eigenvalue weighted by molar-refractivity contribution is 6.76. The summed E-state index contributed by atoms with van der Waals surface area (Å²) in [5.74, 6) is 0.137. The first-order valence-corrected chi connectivity index (χ1v) is 10.7.